The molecule has 6 nitrogen and oxygen atoms in total. The molecule has 1 saturated heterocycles. The number of pyridine rings is 1. The highest BCUT2D eigenvalue weighted by atomic mass is 35.5. The standard InChI is InChI=1S/C17H22ClN5O/c18-13-7-8-15-20-21-17(23(15)11-13)22-9-3-4-12(10-22)16(24)19-14-5-1-2-6-14/h7-8,11-12,14H,1-6,9-10H2,(H,19,24). The van der Waals surface area contributed by atoms with Crippen LogP contribution in [0.5, 0.6) is 0 Å². The summed E-state index contributed by atoms with van der Waals surface area (Å²) in [6.07, 6.45) is 8.45. The van der Waals surface area contributed by atoms with Gasteiger partial charge < -0.3 is 10.2 Å². The Kier molecular flexibility index (Phi) is 4.31. The highest BCUT2D eigenvalue weighted by Crippen LogP contribution is 2.25. The highest BCUT2D eigenvalue weighted by Gasteiger charge is 2.29. The molecule has 7 heteroatoms. The minimum atomic E-state index is 0.0193. The predicted molar refractivity (Wildman–Crippen MR) is 93.3 cm³/mol. The zero-order valence-corrected chi connectivity index (χ0v) is 14.4. The fraction of sp³-hybridized carbons (Fsp3) is 0.588. The first kappa shape index (κ1) is 15.7. The van der Waals surface area contributed by atoms with Crippen LogP contribution < -0.4 is 10.2 Å². The van der Waals surface area contributed by atoms with Gasteiger partial charge in [0, 0.05) is 25.3 Å². The van der Waals surface area contributed by atoms with Crippen molar-refractivity contribution in [1.82, 2.24) is 19.9 Å². The van der Waals surface area contributed by atoms with E-state index in [1.807, 2.05) is 22.7 Å². The Labute approximate surface area is 146 Å². The topological polar surface area (TPSA) is 62.5 Å². The molecule has 3 heterocycles. The molecule has 1 N–H and O–H groups in total. The number of hydrogen-bond acceptors (Lipinski definition) is 4. The van der Waals surface area contributed by atoms with E-state index >= 15 is 0 Å². The summed E-state index contributed by atoms with van der Waals surface area (Å²) in [6, 6.07) is 4.04. The van der Waals surface area contributed by atoms with Crippen LogP contribution in [0, 0.1) is 5.92 Å². The van der Waals surface area contributed by atoms with Crippen LogP contribution in [0.25, 0.3) is 5.65 Å². The molecule has 2 aromatic rings. The molecule has 2 fully saturated rings. The molecule has 128 valence electrons. The quantitative estimate of drug-likeness (QED) is 0.927. The van der Waals surface area contributed by atoms with Crippen LogP contribution in [0.15, 0.2) is 18.3 Å². The zero-order chi connectivity index (χ0) is 16.5. The largest absolute Gasteiger partial charge is 0.353 e. The molecule has 4 rings (SSSR count). The number of rotatable bonds is 3. The number of halogens is 1. The molecule has 0 bridgehead atoms. The molecule has 1 saturated carbocycles. The number of piperidine rings is 1. The molecule has 0 radical (unpaired) electrons. The van der Waals surface area contributed by atoms with Crippen LogP contribution in [0.2, 0.25) is 5.02 Å². The average molecular weight is 348 g/mol. The Hall–Kier alpha value is -1.82. The number of aromatic nitrogens is 3. The third-order valence-corrected chi connectivity index (χ3v) is 5.35. The van der Waals surface area contributed by atoms with E-state index in [0.29, 0.717) is 17.6 Å². The number of hydrogen-bond donors (Lipinski definition) is 1. The fourth-order valence-corrected chi connectivity index (χ4v) is 3.99. The molecule has 1 unspecified atom stereocenters. The minimum Gasteiger partial charge on any atom is -0.353 e. The number of carbonyl (C=O) groups is 1. The number of anilines is 1. The molecular weight excluding hydrogens is 326 g/mol. The molecule has 1 atom stereocenters. The van der Waals surface area contributed by atoms with Crippen LogP contribution in [0.1, 0.15) is 38.5 Å². The molecule has 1 aliphatic heterocycles. The smallest absolute Gasteiger partial charge is 0.231 e. The SMILES string of the molecule is O=C(NC1CCCC1)C1CCCN(c2nnc3ccc(Cl)cn23)C1. The van der Waals surface area contributed by atoms with Gasteiger partial charge in [0.05, 0.1) is 10.9 Å². The minimum absolute atomic E-state index is 0.0193. The van der Waals surface area contributed by atoms with Crippen molar-refractivity contribution in [3.8, 4) is 0 Å². The van der Waals surface area contributed by atoms with Gasteiger partial charge in [0.15, 0.2) is 5.65 Å². The summed E-state index contributed by atoms with van der Waals surface area (Å²) in [5, 5.41) is 12.4. The van der Waals surface area contributed by atoms with Gasteiger partial charge >= 0.3 is 0 Å². The van der Waals surface area contributed by atoms with Crippen molar-refractivity contribution in [2.45, 2.75) is 44.6 Å². The van der Waals surface area contributed by atoms with E-state index in [1.165, 1.54) is 12.8 Å². The summed E-state index contributed by atoms with van der Waals surface area (Å²) >= 11 is 6.10. The van der Waals surface area contributed by atoms with Gasteiger partial charge in [-0.25, -0.2) is 0 Å². The van der Waals surface area contributed by atoms with Gasteiger partial charge in [0.2, 0.25) is 11.9 Å². The van der Waals surface area contributed by atoms with Crippen molar-refractivity contribution >= 4 is 29.1 Å². The van der Waals surface area contributed by atoms with E-state index in [9.17, 15) is 4.79 Å². The van der Waals surface area contributed by atoms with Crippen LogP contribution >= 0.6 is 11.6 Å². The summed E-state index contributed by atoms with van der Waals surface area (Å²) in [6.45, 7) is 1.58. The van der Waals surface area contributed by atoms with Gasteiger partial charge in [0.25, 0.3) is 0 Å². The Balaban J connectivity index is 1.49. The maximum atomic E-state index is 12.6. The van der Waals surface area contributed by atoms with Gasteiger partial charge in [-0.15, -0.1) is 10.2 Å². The summed E-state index contributed by atoms with van der Waals surface area (Å²) in [7, 11) is 0. The molecule has 0 aromatic carbocycles. The van der Waals surface area contributed by atoms with Gasteiger partial charge in [-0.05, 0) is 37.8 Å². The molecule has 0 spiro atoms. The van der Waals surface area contributed by atoms with E-state index in [2.05, 4.69) is 20.4 Å². The maximum Gasteiger partial charge on any atom is 0.231 e. The van der Waals surface area contributed by atoms with Crippen molar-refractivity contribution < 1.29 is 4.79 Å². The number of fused-ring (bicyclic) bond motifs is 1. The van der Waals surface area contributed by atoms with Crippen molar-refractivity contribution in [2.75, 3.05) is 18.0 Å². The maximum absolute atomic E-state index is 12.6. The van der Waals surface area contributed by atoms with Crippen LogP contribution in [0.3, 0.4) is 0 Å². The number of nitrogens with zero attached hydrogens (tertiary/aromatic N) is 4. The van der Waals surface area contributed by atoms with E-state index in [-0.39, 0.29) is 11.8 Å². The molecule has 1 aliphatic carbocycles. The Bertz CT molecular complexity index is 740. The molecule has 24 heavy (non-hydrogen) atoms. The monoisotopic (exact) mass is 347 g/mol. The van der Waals surface area contributed by atoms with Crippen molar-refractivity contribution in [1.29, 1.82) is 0 Å². The van der Waals surface area contributed by atoms with Crippen LogP contribution in [0.4, 0.5) is 5.95 Å². The molecule has 2 aromatic heterocycles. The van der Waals surface area contributed by atoms with Crippen LogP contribution in [-0.2, 0) is 4.79 Å². The first-order valence-electron chi connectivity index (χ1n) is 8.76. The highest BCUT2D eigenvalue weighted by molar-refractivity contribution is 6.30. The number of carbonyl (C=O) groups excluding carboxylic acids is 1. The normalized spacial score (nSPS) is 22.2. The van der Waals surface area contributed by atoms with E-state index in [1.54, 1.807) is 0 Å². The van der Waals surface area contributed by atoms with E-state index in [0.717, 1.165) is 43.8 Å². The van der Waals surface area contributed by atoms with E-state index < -0.39 is 0 Å². The lowest BCUT2D eigenvalue weighted by atomic mass is 9.97. The lowest BCUT2D eigenvalue weighted by Gasteiger charge is -2.32. The lowest BCUT2D eigenvalue weighted by Crippen LogP contribution is -2.46. The Morgan fingerprint density at radius 3 is 2.83 bits per heavy atom. The zero-order valence-electron chi connectivity index (χ0n) is 13.6. The third kappa shape index (κ3) is 3.07. The summed E-state index contributed by atoms with van der Waals surface area (Å²) in [5.41, 5.74) is 0.770. The van der Waals surface area contributed by atoms with Crippen LogP contribution in [-0.4, -0.2) is 39.6 Å². The fourth-order valence-electron chi connectivity index (χ4n) is 3.83. The summed E-state index contributed by atoms with van der Waals surface area (Å²) in [4.78, 5) is 14.7. The van der Waals surface area contributed by atoms with Gasteiger partial charge in [-0.1, -0.05) is 24.4 Å². The molecular formula is C17H22ClN5O. The molecule has 1 amide bonds. The van der Waals surface area contributed by atoms with Crippen molar-refractivity contribution in [3.63, 3.8) is 0 Å². The van der Waals surface area contributed by atoms with E-state index in [4.69, 9.17) is 11.6 Å². The third-order valence-electron chi connectivity index (χ3n) is 5.12. The summed E-state index contributed by atoms with van der Waals surface area (Å²) in [5.74, 6) is 0.982. The van der Waals surface area contributed by atoms with Gasteiger partial charge in [-0.3, -0.25) is 9.20 Å². The Morgan fingerprint density at radius 1 is 1.17 bits per heavy atom. The summed E-state index contributed by atoms with van der Waals surface area (Å²) < 4.78 is 1.90. The predicted octanol–water partition coefficient (Wildman–Crippen LogP) is 2.66. The number of nitrogens with one attached hydrogen (secondary N) is 1. The average Bonchev–Trinajstić information content (AvgIpc) is 3.24. The Morgan fingerprint density at radius 2 is 2.00 bits per heavy atom. The first-order valence-corrected chi connectivity index (χ1v) is 9.14. The second-order valence-corrected chi connectivity index (χ2v) is 7.29. The first-order chi connectivity index (χ1) is 11.7. The second-order valence-electron chi connectivity index (χ2n) is 6.85. The lowest BCUT2D eigenvalue weighted by molar-refractivity contribution is -0.125. The molecule has 2 aliphatic rings. The van der Waals surface area contributed by atoms with Gasteiger partial charge in [0.1, 0.15) is 0 Å². The van der Waals surface area contributed by atoms with Crippen molar-refractivity contribution in [2.24, 2.45) is 5.92 Å². The van der Waals surface area contributed by atoms with Gasteiger partial charge in [-0.2, -0.15) is 0 Å². The second kappa shape index (κ2) is 6.59. The number of amides is 1. The van der Waals surface area contributed by atoms with Crippen molar-refractivity contribution in [3.05, 3.63) is 23.4 Å².